The van der Waals surface area contributed by atoms with E-state index >= 15 is 0 Å². The molecule has 0 bridgehead atoms. The first kappa shape index (κ1) is 15.3. The maximum absolute atomic E-state index is 11.9. The highest BCUT2D eigenvalue weighted by Crippen LogP contribution is 2.19. The molecule has 2 aromatic carbocycles. The Morgan fingerprint density at radius 3 is 2.38 bits per heavy atom. The van der Waals surface area contributed by atoms with Gasteiger partial charge in [0.2, 0.25) is 0 Å². The normalized spacial score (nSPS) is 10.6. The van der Waals surface area contributed by atoms with Crippen LogP contribution in [0.25, 0.3) is 6.08 Å². The van der Waals surface area contributed by atoms with Crippen molar-refractivity contribution in [2.45, 2.75) is 13.8 Å². The molecule has 0 heterocycles. The van der Waals surface area contributed by atoms with Gasteiger partial charge in [-0.1, -0.05) is 52.3 Å². The first-order chi connectivity index (χ1) is 10.1. The second-order valence-electron chi connectivity index (χ2n) is 4.72. The van der Waals surface area contributed by atoms with E-state index in [1.165, 1.54) is 0 Å². The fourth-order valence-electron chi connectivity index (χ4n) is 1.98. The number of urea groups is 1. The van der Waals surface area contributed by atoms with Crippen LogP contribution in [0.2, 0.25) is 0 Å². The first-order valence-corrected chi connectivity index (χ1v) is 7.42. The average Bonchev–Trinajstić information content (AvgIpc) is 2.45. The Morgan fingerprint density at radius 1 is 1.05 bits per heavy atom. The number of amides is 2. The molecule has 3 nitrogen and oxygen atoms in total. The van der Waals surface area contributed by atoms with E-state index in [4.69, 9.17) is 0 Å². The van der Waals surface area contributed by atoms with Crippen LogP contribution in [-0.2, 0) is 0 Å². The molecule has 0 aliphatic heterocycles. The van der Waals surface area contributed by atoms with Crippen LogP contribution >= 0.6 is 15.9 Å². The number of hydrogen-bond donors (Lipinski definition) is 2. The highest BCUT2D eigenvalue weighted by atomic mass is 79.9. The van der Waals surface area contributed by atoms with Gasteiger partial charge in [0.1, 0.15) is 0 Å². The molecule has 2 rings (SSSR count). The summed E-state index contributed by atoms with van der Waals surface area (Å²) < 4.78 is 0.984. The van der Waals surface area contributed by atoms with E-state index in [1.807, 2.05) is 62.4 Å². The fourth-order valence-corrected chi connectivity index (χ4v) is 2.40. The molecule has 0 saturated heterocycles. The molecule has 0 saturated carbocycles. The van der Waals surface area contributed by atoms with Crippen LogP contribution in [0.5, 0.6) is 0 Å². The number of halogens is 1. The predicted molar refractivity (Wildman–Crippen MR) is 91.2 cm³/mol. The van der Waals surface area contributed by atoms with E-state index in [-0.39, 0.29) is 6.03 Å². The molecule has 0 aliphatic carbocycles. The molecule has 21 heavy (non-hydrogen) atoms. The smallest absolute Gasteiger partial charge is 0.314 e. The van der Waals surface area contributed by atoms with Crippen LogP contribution in [0, 0.1) is 13.8 Å². The van der Waals surface area contributed by atoms with Crippen molar-refractivity contribution in [1.82, 2.24) is 5.32 Å². The van der Waals surface area contributed by atoms with Gasteiger partial charge in [0.25, 0.3) is 0 Å². The van der Waals surface area contributed by atoms with Crippen LogP contribution in [0.15, 0.2) is 53.1 Å². The van der Waals surface area contributed by atoms with Gasteiger partial charge < -0.3 is 10.6 Å². The quantitative estimate of drug-likeness (QED) is 0.820. The number of hydrogen-bond acceptors (Lipinski definition) is 1. The highest BCUT2D eigenvalue weighted by molar-refractivity contribution is 9.10. The number of aryl methyl sites for hydroxylation is 2. The number of anilines is 1. The Hall–Kier alpha value is -2.07. The lowest BCUT2D eigenvalue weighted by molar-refractivity contribution is 0.255. The number of carbonyl (C=O) groups is 1. The summed E-state index contributed by atoms with van der Waals surface area (Å²) in [4.78, 5) is 11.9. The van der Waals surface area contributed by atoms with E-state index in [9.17, 15) is 4.79 Å². The summed E-state index contributed by atoms with van der Waals surface area (Å²) in [5.74, 6) is 0. The zero-order valence-corrected chi connectivity index (χ0v) is 13.6. The molecule has 0 aliphatic rings. The van der Waals surface area contributed by atoms with Crippen molar-refractivity contribution in [3.05, 3.63) is 69.8 Å². The molecule has 108 valence electrons. The standard InChI is InChI=1S/C17H17BrN2O/c1-12-6-5-7-13(2)16(12)20-17(21)19-11-10-14-8-3-4-9-15(14)18/h3-11H,1-2H3,(H2,19,20,21)/b11-10+. The van der Waals surface area contributed by atoms with Gasteiger partial charge >= 0.3 is 6.03 Å². The zero-order chi connectivity index (χ0) is 15.2. The summed E-state index contributed by atoms with van der Waals surface area (Å²) in [7, 11) is 0. The van der Waals surface area contributed by atoms with Crippen molar-refractivity contribution in [1.29, 1.82) is 0 Å². The number of carbonyl (C=O) groups excluding carboxylic acids is 1. The minimum Gasteiger partial charge on any atom is -0.314 e. The lowest BCUT2D eigenvalue weighted by Gasteiger charge is -2.10. The maximum atomic E-state index is 11.9. The van der Waals surface area contributed by atoms with Crippen molar-refractivity contribution in [2.24, 2.45) is 0 Å². The Balaban J connectivity index is 1.98. The van der Waals surface area contributed by atoms with Gasteiger partial charge in [0.15, 0.2) is 0 Å². The summed E-state index contributed by atoms with van der Waals surface area (Å²) in [5.41, 5.74) is 3.94. The lowest BCUT2D eigenvalue weighted by atomic mass is 10.1. The molecule has 0 fully saturated rings. The van der Waals surface area contributed by atoms with Crippen molar-refractivity contribution >= 4 is 33.7 Å². The Labute approximate surface area is 133 Å². The summed E-state index contributed by atoms with van der Waals surface area (Å²) in [6, 6.07) is 13.5. The van der Waals surface area contributed by atoms with E-state index in [0.29, 0.717) is 0 Å². The monoisotopic (exact) mass is 344 g/mol. The molecule has 2 N–H and O–H groups in total. The summed E-state index contributed by atoms with van der Waals surface area (Å²) in [5, 5.41) is 5.58. The molecule has 0 aromatic heterocycles. The zero-order valence-electron chi connectivity index (χ0n) is 12.0. The van der Waals surface area contributed by atoms with Gasteiger partial charge in [-0.2, -0.15) is 0 Å². The molecule has 2 aromatic rings. The van der Waals surface area contributed by atoms with Crippen molar-refractivity contribution < 1.29 is 4.79 Å². The number of benzene rings is 2. The van der Waals surface area contributed by atoms with Gasteiger partial charge in [-0.3, -0.25) is 0 Å². The molecule has 4 heteroatoms. The molecule has 0 unspecified atom stereocenters. The SMILES string of the molecule is Cc1cccc(C)c1NC(=O)N/C=C/c1ccccc1Br. The van der Waals surface area contributed by atoms with Crippen LogP contribution in [0.3, 0.4) is 0 Å². The Morgan fingerprint density at radius 2 is 1.71 bits per heavy atom. The number of para-hydroxylation sites is 1. The number of nitrogens with one attached hydrogen (secondary N) is 2. The van der Waals surface area contributed by atoms with Crippen LogP contribution < -0.4 is 10.6 Å². The van der Waals surface area contributed by atoms with E-state index in [1.54, 1.807) is 6.20 Å². The van der Waals surface area contributed by atoms with Gasteiger partial charge in [0, 0.05) is 16.4 Å². The largest absolute Gasteiger partial charge is 0.323 e. The average molecular weight is 345 g/mol. The maximum Gasteiger partial charge on any atom is 0.323 e. The highest BCUT2D eigenvalue weighted by Gasteiger charge is 2.05. The molecule has 0 spiro atoms. The number of rotatable bonds is 3. The third kappa shape index (κ3) is 4.20. The van der Waals surface area contributed by atoms with E-state index in [0.717, 1.165) is 26.9 Å². The van der Waals surface area contributed by atoms with Crippen molar-refractivity contribution in [2.75, 3.05) is 5.32 Å². The lowest BCUT2D eigenvalue weighted by Crippen LogP contribution is -2.24. The summed E-state index contributed by atoms with van der Waals surface area (Å²) >= 11 is 3.46. The summed E-state index contributed by atoms with van der Waals surface area (Å²) in [6.07, 6.45) is 3.47. The third-order valence-electron chi connectivity index (χ3n) is 3.10. The van der Waals surface area contributed by atoms with Crippen LogP contribution in [-0.4, -0.2) is 6.03 Å². The van der Waals surface area contributed by atoms with Gasteiger partial charge in [-0.05, 0) is 42.7 Å². The molecule has 0 atom stereocenters. The van der Waals surface area contributed by atoms with Gasteiger partial charge in [-0.25, -0.2) is 4.79 Å². The second-order valence-corrected chi connectivity index (χ2v) is 5.57. The van der Waals surface area contributed by atoms with Gasteiger partial charge in [-0.15, -0.1) is 0 Å². The second kappa shape index (κ2) is 7.09. The first-order valence-electron chi connectivity index (χ1n) is 6.63. The Bertz CT molecular complexity index is 660. The van der Waals surface area contributed by atoms with E-state index in [2.05, 4.69) is 26.6 Å². The minimum absolute atomic E-state index is 0.254. The molecular formula is C17H17BrN2O. The van der Waals surface area contributed by atoms with Crippen molar-refractivity contribution in [3.63, 3.8) is 0 Å². The minimum atomic E-state index is -0.254. The molecular weight excluding hydrogens is 328 g/mol. The van der Waals surface area contributed by atoms with E-state index < -0.39 is 0 Å². The van der Waals surface area contributed by atoms with Crippen LogP contribution in [0.4, 0.5) is 10.5 Å². The van der Waals surface area contributed by atoms with Crippen LogP contribution in [0.1, 0.15) is 16.7 Å². The third-order valence-corrected chi connectivity index (χ3v) is 3.82. The topological polar surface area (TPSA) is 41.1 Å². The Kier molecular flexibility index (Phi) is 5.17. The van der Waals surface area contributed by atoms with Gasteiger partial charge in [0.05, 0.1) is 0 Å². The van der Waals surface area contributed by atoms with Crippen molar-refractivity contribution in [3.8, 4) is 0 Å². The molecule has 0 radical (unpaired) electrons. The predicted octanol–water partition coefficient (Wildman–Crippen LogP) is 4.86. The molecule has 2 amide bonds. The fraction of sp³-hybridized carbons (Fsp3) is 0.118. The summed E-state index contributed by atoms with van der Waals surface area (Å²) in [6.45, 7) is 3.94.